The van der Waals surface area contributed by atoms with Crippen molar-refractivity contribution >= 4 is 0 Å². The normalized spacial score (nSPS) is 31.7. The first-order valence-corrected chi connectivity index (χ1v) is 10.8. The topological polar surface area (TPSA) is 32.6 Å². The van der Waals surface area contributed by atoms with E-state index in [1.54, 1.807) is 0 Å². The van der Waals surface area contributed by atoms with Gasteiger partial charge in [-0.3, -0.25) is 4.90 Å². The fraction of sp³-hybridized carbons (Fsp3) is 1.00. The van der Waals surface area contributed by atoms with Crippen LogP contribution in [-0.2, 0) is 0 Å². The molecule has 3 aliphatic heterocycles. The van der Waals surface area contributed by atoms with Crippen molar-refractivity contribution in [3.8, 4) is 0 Å². The molecule has 3 saturated heterocycles. The van der Waals surface area contributed by atoms with Crippen LogP contribution in [0.15, 0.2) is 0 Å². The summed E-state index contributed by atoms with van der Waals surface area (Å²) in [6, 6.07) is 1.47. The van der Waals surface area contributed by atoms with Gasteiger partial charge in [0.2, 0.25) is 0 Å². The van der Waals surface area contributed by atoms with Crippen molar-refractivity contribution in [1.29, 1.82) is 0 Å². The van der Waals surface area contributed by atoms with Crippen LogP contribution in [0, 0.1) is 11.3 Å². The van der Waals surface area contributed by atoms with E-state index in [9.17, 15) is 0 Å². The van der Waals surface area contributed by atoms with E-state index < -0.39 is 0 Å². The number of rotatable bonds is 1. The molecule has 0 aromatic carbocycles. The van der Waals surface area contributed by atoms with E-state index >= 15 is 0 Å². The Morgan fingerprint density at radius 1 is 0.929 bits per heavy atom. The van der Waals surface area contributed by atoms with Gasteiger partial charge in [-0.15, -0.1) is 0 Å². The molecule has 3 fully saturated rings. The predicted molar refractivity (Wildman–Crippen MR) is 120 cm³/mol. The van der Waals surface area contributed by atoms with Gasteiger partial charge in [0.15, 0.2) is 0 Å². The Hall–Kier alpha value is 1.65. The molecule has 4 unspecified atom stereocenters. The summed E-state index contributed by atoms with van der Waals surface area (Å²) in [4.78, 5) is 5.23. The Kier molecular flexibility index (Phi) is 13.4. The van der Waals surface area contributed by atoms with Gasteiger partial charge in [-0.05, 0) is 65.0 Å². The van der Waals surface area contributed by atoms with Crippen LogP contribution in [0.4, 0.5) is 0 Å². The van der Waals surface area contributed by atoms with Gasteiger partial charge in [-0.1, -0.05) is 47.2 Å². The minimum atomic E-state index is 0. The fourth-order valence-corrected chi connectivity index (χ4v) is 4.75. The maximum absolute atomic E-state index is 4.30. The Balaban J connectivity index is 0.000000492. The van der Waals surface area contributed by atoms with Crippen molar-refractivity contribution < 1.29 is 58.2 Å². The number of likely N-dealkylation sites (N-methyl/N-ethyl adjacent to an activating group) is 1. The maximum atomic E-state index is 4.30. The molecule has 0 radical (unpaired) electrons. The zero-order chi connectivity index (χ0) is 19.5. The summed E-state index contributed by atoms with van der Waals surface area (Å²) in [6.45, 7) is 17.8. The van der Waals surface area contributed by atoms with Gasteiger partial charge in [0.05, 0.1) is 0 Å². The molecular weight excluding hydrogens is 418 g/mol. The van der Waals surface area contributed by atoms with Crippen LogP contribution in [0.3, 0.4) is 0 Å². The third-order valence-corrected chi connectivity index (χ3v) is 6.73. The van der Waals surface area contributed by atoms with Crippen LogP contribution in [0.5, 0.6) is 0 Å². The average molecular weight is 467 g/mol. The number of piperidine rings is 2. The molecule has 3 heterocycles. The van der Waals surface area contributed by atoms with E-state index in [2.05, 4.69) is 69.0 Å². The molecule has 0 bridgehead atoms. The molecule has 3 rings (SSSR count). The van der Waals surface area contributed by atoms with Gasteiger partial charge in [-0.2, -0.15) is 7.05 Å². The standard InChI is InChI=1S/C12H24N2.C10H21N2.CH4.Rb/c1-12(2,3)14-8-10-6-5-7-13(4)11(10)9-14;1-10(2,3)8-6-5-7-9(11-4)12-8;;/h10-11H,5-9H2,1-4H3;8-9,12H,5-7H2,1-4H3;1H4;/q;-1;;+1. The van der Waals surface area contributed by atoms with Crippen LogP contribution >= 0.6 is 0 Å². The largest absolute Gasteiger partial charge is 1.00 e. The van der Waals surface area contributed by atoms with E-state index in [0.717, 1.165) is 12.0 Å². The second-order valence-corrected chi connectivity index (χ2v) is 10.8. The molecule has 0 spiro atoms. The smallest absolute Gasteiger partial charge is 0.650 e. The summed E-state index contributed by atoms with van der Waals surface area (Å²) in [5.41, 5.74) is 0.738. The summed E-state index contributed by atoms with van der Waals surface area (Å²) in [5, 5.41) is 7.88. The number of hydrogen-bond donors (Lipinski definition) is 1. The molecule has 162 valence electrons. The molecule has 0 saturated carbocycles. The minimum Gasteiger partial charge on any atom is -0.650 e. The number of hydrogen-bond acceptors (Lipinski definition) is 3. The Morgan fingerprint density at radius 2 is 1.57 bits per heavy atom. The van der Waals surface area contributed by atoms with Crippen molar-refractivity contribution in [3.63, 3.8) is 0 Å². The van der Waals surface area contributed by atoms with Gasteiger partial charge in [0.1, 0.15) is 0 Å². The minimum absolute atomic E-state index is 0. The van der Waals surface area contributed by atoms with Crippen molar-refractivity contribution in [2.24, 2.45) is 11.3 Å². The molecule has 1 N–H and O–H groups in total. The third-order valence-electron chi connectivity index (χ3n) is 6.73. The summed E-state index contributed by atoms with van der Waals surface area (Å²) in [5.74, 6) is 0.938. The van der Waals surface area contributed by atoms with Crippen molar-refractivity contribution in [2.45, 2.75) is 105 Å². The van der Waals surface area contributed by atoms with E-state index in [-0.39, 0.29) is 65.6 Å². The average Bonchev–Trinajstić information content (AvgIpc) is 3.01. The maximum Gasteiger partial charge on any atom is 1.00 e. The van der Waals surface area contributed by atoms with Gasteiger partial charge in [0.25, 0.3) is 0 Å². The molecule has 0 aromatic heterocycles. The Labute approximate surface area is 226 Å². The molecule has 0 aromatic rings. The molecule has 5 heteroatoms. The molecule has 4 atom stereocenters. The fourth-order valence-electron chi connectivity index (χ4n) is 4.75. The van der Waals surface area contributed by atoms with Crippen LogP contribution in [0.1, 0.15) is 81.1 Å². The first-order chi connectivity index (χ1) is 12.0. The summed E-state index contributed by atoms with van der Waals surface area (Å²) in [6.07, 6.45) is 7.08. The van der Waals surface area contributed by atoms with Gasteiger partial charge >= 0.3 is 58.2 Å². The zero-order valence-corrected chi connectivity index (χ0v) is 24.7. The van der Waals surface area contributed by atoms with Crippen LogP contribution < -0.4 is 63.5 Å². The number of likely N-dealkylation sites (tertiary alicyclic amines) is 2. The number of nitrogens with one attached hydrogen (secondary N) is 1. The monoisotopic (exact) mass is 466 g/mol. The molecule has 0 amide bonds. The number of fused-ring (bicyclic) bond motifs is 1. The zero-order valence-electron chi connectivity index (χ0n) is 19.8. The van der Waals surface area contributed by atoms with Crippen molar-refractivity contribution in [3.05, 3.63) is 5.32 Å². The van der Waals surface area contributed by atoms with E-state index in [1.807, 2.05) is 7.05 Å². The van der Waals surface area contributed by atoms with E-state index in [4.69, 9.17) is 0 Å². The Bertz CT molecular complexity index is 429. The predicted octanol–water partition coefficient (Wildman–Crippen LogP) is 1.96. The summed E-state index contributed by atoms with van der Waals surface area (Å²) < 4.78 is 0. The van der Waals surface area contributed by atoms with Crippen LogP contribution in [0.25, 0.3) is 5.32 Å². The second kappa shape index (κ2) is 12.6. The van der Waals surface area contributed by atoms with E-state index in [1.165, 1.54) is 51.7 Å². The van der Waals surface area contributed by atoms with Gasteiger partial charge < -0.3 is 15.5 Å². The Morgan fingerprint density at radius 3 is 2.07 bits per heavy atom. The van der Waals surface area contributed by atoms with Gasteiger partial charge in [-0.25, -0.2) is 0 Å². The molecule has 28 heavy (non-hydrogen) atoms. The van der Waals surface area contributed by atoms with E-state index in [0.29, 0.717) is 23.2 Å². The van der Waals surface area contributed by atoms with Crippen LogP contribution in [-0.4, -0.2) is 67.3 Å². The molecule has 0 aliphatic carbocycles. The van der Waals surface area contributed by atoms with Crippen molar-refractivity contribution in [2.75, 3.05) is 33.7 Å². The van der Waals surface area contributed by atoms with Crippen LogP contribution in [0.2, 0.25) is 0 Å². The molecular formula is C23H49N4Rb. The second-order valence-electron chi connectivity index (χ2n) is 10.8. The summed E-state index contributed by atoms with van der Waals surface area (Å²) in [7, 11) is 4.20. The van der Waals surface area contributed by atoms with Crippen molar-refractivity contribution in [1.82, 2.24) is 15.1 Å². The first-order valence-electron chi connectivity index (χ1n) is 10.8. The SMILES string of the molecule is C.CN1CCCC2CN(C(C)(C)C)CC21.C[N-]C1CCCC(C(C)(C)C)N1.[Rb+]. The van der Waals surface area contributed by atoms with Gasteiger partial charge in [0, 0.05) is 30.7 Å². The number of nitrogens with zero attached hydrogens (tertiary/aromatic N) is 3. The first kappa shape index (κ1) is 29.6. The quantitative estimate of drug-likeness (QED) is 0.641. The summed E-state index contributed by atoms with van der Waals surface area (Å²) >= 11 is 0. The molecule has 4 nitrogen and oxygen atoms in total. The molecule has 3 aliphatic rings. The third kappa shape index (κ3) is 8.65.